The molecular weight excluding hydrogens is 1130 g/mol. The summed E-state index contributed by atoms with van der Waals surface area (Å²) in [5.41, 5.74) is -1.45. The van der Waals surface area contributed by atoms with Crippen LogP contribution in [0.15, 0.2) is 24.4 Å². The van der Waals surface area contributed by atoms with E-state index in [9.17, 15) is 48.3 Å². The number of carbonyl (C=O) groups excluding carboxylic acids is 11. The van der Waals surface area contributed by atoms with Gasteiger partial charge in [-0.3, -0.25) is 52.7 Å². The first-order chi connectivity index (χ1) is 40.5. The second kappa shape index (κ2) is 35.1. The molecule has 12 atom stereocenters. The summed E-state index contributed by atoms with van der Waals surface area (Å²) in [7, 11) is 11.1. The molecular formula is C64H113N11O13. The number of amides is 11. The highest BCUT2D eigenvalue weighted by atomic mass is 16.5. The van der Waals surface area contributed by atoms with Gasteiger partial charge >= 0.3 is 0 Å². The molecule has 0 bridgehead atoms. The summed E-state index contributed by atoms with van der Waals surface area (Å²) in [6.45, 7) is 33.3. The number of nitrogens with zero attached hydrogens (tertiary/aromatic N) is 7. The number of hydrogen-bond donors (Lipinski definition) is 5. The van der Waals surface area contributed by atoms with Crippen molar-refractivity contribution in [2.45, 2.75) is 228 Å². The highest BCUT2D eigenvalue weighted by Crippen LogP contribution is 2.27. The number of likely N-dealkylation sites (N-methyl/N-ethyl adjacent to an activating group) is 7. The monoisotopic (exact) mass is 1240 g/mol. The summed E-state index contributed by atoms with van der Waals surface area (Å²) in [5, 5.41) is 23.1. The summed E-state index contributed by atoms with van der Waals surface area (Å²) >= 11 is 0. The van der Waals surface area contributed by atoms with Crippen LogP contribution in [0, 0.1) is 35.5 Å². The summed E-state index contributed by atoms with van der Waals surface area (Å²) in [4.78, 5) is 170. The van der Waals surface area contributed by atoms with E-state index in [0.717, 1.165) is 14.7 Å². The average molecular weight is 1240 g/mol. The van der Waals surface area contributed by atoms with Crippen LogP contribution in [-0.4, -0.2) is 233 Å². The Kier molecular flexibility index (Phi) is 31.7. The minimum absolute atomic E-state index is 0.0446. The molecule has 0 radical (unpaired) electrons. The fourth-order valence-corrected chi connectivity index (χ4v) is 10.8. The first kappa shape index (κ1) is 79.6. The Balaban J connectivity index is 4.43. The molecule has 1 rings (SSSR count). The van der Waals surface area contributed by atoms with E-state index >= 15 is 9.59 Å². The first-order valence-electron chi connectivity index (χ1n) is 31.1. The maximum Gasteiger partial charge on any atom is 0.270 e. The summed E-state index contributed by atoms with van der Waals surface area (Å²) in [6.07, 6.45) is 2.55. The molecule has 1 saturated heterocycles. The summed E-state index contributed by atoms with van der Waals surface area (Å²) < 4.78 is 5.71. The Bertz CT molecular complexity index is 2480. The van der Waals surface area contributed by atoms with Crippen LogP contribution >= 0.6 is 0 Å². The topological polar surface area (TPSA) is 288 Å². The maximum absolute atomic E-state index is 15.2. The van der Waals surface area contributed by atoms with Gasteiger partial charge in [-0.05, 0) is 102 Å². The zero-order valence-corrected chi connectivity index (χ0v) is 57.9. The second-order valence-corrected chi connectivity index (χ2v) is 26.7. The van der Waals surface area contributed by atoms with Gasteiger partial charge in [-0.25, -0.2) is 0 Å². The van der Waals surface area contributed by atoms with Gasteiger partial charge in [-0.15, -0.1) is 0 Å². The number of aliphatic hydroxyl groups excluding tert-OH is 1. The van der Waals surface area contributed by atoms with E-state index < -0.39 is 161 Å². The lowest BCUT2D eigenvalue weighted by Crippen LogP contribution is -2.63. The van der Waals surface area contributed by atoms with Gasteiger partial charge in [-0.2, -0.15) is 0 Å². The fourth-order valence-electron chi connectivity index (χ4n) is 10.8. The Morgan fingerprint density at radius 2 is 0.977 bits per heavy atom. The minimum atomic E-state index is -1.66. The van der Waals surface area contributed by atoms with Gasteiger partial charge < -0.3 is 65.4 Å². The molecule has 24 nitrogen and oxygen atoms in total. The van der Waals surface area contributed by atoms with Crippen molar-refractivity contribution in [1.29, 1.82) is 0 Å². The molecule has 1 aliphatic heterocycles. The Labute approximate surface area is 526 Å². The average Bonchev–Trinajstić information content (AvgIpc) is 3.24. The van der Waals surface area contributed by atoms with E-state index in [2.05, 4.69) is 27.8 Å². The number of rotatable bonds is 16. The molecule has 0 unspecified atom stereocenters. The third-order valence-corrected chi connectivity index (χ3v) is 16.8. The van der Waals surface area contributed by atoms with Crippen LogP contribution in [0.5, 0.6) is 0 Å². The van der Waals surface area contributed by atoms with Crippen molar-refractivity contribution in [3.63, 3.8) is 0 Å². The van der Waals surface area contributed by atoms with Crippen molar-refractivity contribution >= 4 is 65.0 Å². The largest absolute Gasteiger partial charge is 0.390 e. The Hall–Kier alpha value is -6.43. The van der Waals surface area contributed by atoms with Crippen LogP contribution in [0.25, 0.3) is 0 Å². The van der Waals surface area contributed by atoms with Crippen LogP contribution in [0.2, 0.25) is 0 Å². The zero-order chi connectivity index (χ0) is 68.5. The maximum atomic E-state index is 15.2. The first-order valence-corrected chi connectivity index (χ1v) is 31.1. The molecule has 502 valence electrons. The van der Waals surface area contributed by atoms with E-state index in [1.165, 1.54) is 89.9 Å². The fraction of sp³-hybridized carbons (Fsp3) is 0.766. The van der Waals surface area contributed by atoms with E-state index in [0.29, 0.717) is 0 Å². The summed E-state index contributed by atoms with van der Waals surface area (Å²) in [6, 6.07) is -12.9. The summed E-state index contributed by atoms with van der Waals surface area (Å²) in [5.74, 6) is -10.4. The molecule has 0 spiro atoms. The standard InChI is InChI=1S/C64H113N11O13/c1-27-29-30-40(13)52(76)51-56(80)67-44(28-2)59(83)69(19)43(16)58(82)73(23)48(34-64(17,18)88-26)55(79)68-49(38(9)10)62(86)70(20)45(31-35(3)4)54(78)65-41(14)53(77)66-42(15)57(81)71(21)46(32-36(5)6)60(84)72(22)47(33-37(7)8)61(85)74(24)50(39(11)12)63(87)75(51)25/h27,29,35-42,44-52,76H,16,28,30-34H2,1-15,17-26H3,(H,65,78)(H,66,77)(H,67,80)(H,68,79)/t40-,41+,42-,44+,45+,46+,47+,48+,49+,50+,51+,52-/m1/s1. The van der Waals surface area contributed by atoms with Gasteiger partial charge in [0.25, 0.3) is 5.91 Å². The molecule has 1 aliphatic rings. The normalized spacial score (nSPS) is 26.6. The van der Waals surface area contributed by atoms with Crippen molar-refractivity contribution < 1.29 is 62.6 Å². The van der Waals surface area contributed by atoms with Crippen LogP contribution in [0.3, 0.4) is 0 Å². The zero-order valence-electron chi connectivity index (χ0n) is 57.9. The predicted octanol–water partition coefficient (Wildman–Crippen LogP) is 3.55. The highest BCUT2D eigenvalue weighted by molar-refractivity contribution is 6.02. The van der Waals surface area contributed by atoms with Gasteiger partial charge in [0, 0.05) is 62.9 Å². The SMILES string of the molecule is C=C1C(=O)N(C)[C@@H](CC(C)(C)OC)C(=O)N[C@@H](C(C)C)C(=O)N(C)[C@@H](CC(C)C)C(=O)N[C@@H](C)C(=O)N[C@H](C)C(=O)N(C)[C@@H](CC(C)C)C(=O)N(C)[C@@H](CC(C)C)C(=O)N(C)[C@@H](C(C)C)C(=O)N(C)[C@@H]([C@H](O)[C@H](C)CC=CC)C(=O)N[C@@H](CC)C(=O)N1C. The Morgan fingerprint density at radius 3 is 1.43 bits per heavy atom. The number of carbonyl (C=O) groups is 11. The molecule has 1 fully saturated rings. The molecule has 0 aromatic heterocycles. The minimum Gasteiger partial charge on any atom is -0.390 e. The number of aliphatic hydroxyl groups is 1. The van der Waals surface area contributed by atoms with Crippen molar-refractivity contribution in [2.24, 2.45) is 35.5 Å². The number of hydrogen-bond acceptors (Lipinski definition) is 13. The third kappa shape index (κ3) is 21.4. The third-order valence-electron chi connectivity index (χ3n) is 16.8. The Morgan fingerprint density at radius 1 is 0.534 bits per heavy atom. The predicted molar refractivity (Wildman–Crippen MR) is 339 cm³/mol. The van der Waals surface area contributed by atoms with Crippen LogP contribution < -0.4 is 21.3 Å². The molecule has 5 N–H and O–H groups in total. The number of allylic oxidation sites excluding steroid dienone is 2. The molecule has 0 aromatic rings. The van der Waals surface area contributed by atoms with E-state index in [4.69, 9.17) is 4.74 Å². The lowest BCUT2D eigenvalue weighted by Gasteiger charge is -2.41. The molecule has 0 aromatic carbocycles. The molecule has 0 aliphatic carbocycles. The molecule has 0 saturated carbocycles. The molecule has 11 amide bonds. The number of methoxy groups -OCH3 is 1. The van der Waals surface area contributed by atoms with Crippen molar-refractivity contribution in [1.82, 2.24) is 55.6 Å². The van der Waals surface area contributed by atoms with Crippen molar-refractivity contribution in [2.75, 3.05) is 56.4 Å². The van der Waals surface area contributed by atoms with Crippen molar-refractivity contribution in [3.8, 4) is 0 Å². The highest BCUT2D eigenvalue weighted by Gasteiger charge is 2.46. The van der Waals surface area contributed by atoms with Crippen LogP contribution in [0.1, 0.15) is 156 Å². The van der Waals surface area contributed by atoms with Gasteiger partial charge in [0.05, 0.1) is 11.7 Å². The van der Waals surface area contributed by atoms with Crippen molar-refractivity contribution in [3.05, 3.63) is 24.4 Å². The van der Waals surface area contributed by atoms with Crippen LogP contribution in [-0.2, 0) is 57.5 Å². The number of ether oxygens (including phenoxy) is 1. The van der Waals surface area contributed by atoms with E-state index in [-0.39, 0.29) is 56.3 Å². The smallest absolute Gasteiger partial charge is 0.270 e. The molecule has 1 heterocycles. The van der Waals surface area contributed by atoms with Gasteiger partial charge in [0.1, 0.15) is 66.1 Å². The molecule has 24 heteroatoms. The van der Waals surface area contributed by atoms with Gasteiger partial charge in [0.2, 0.25) is 59.1 Å². The van der Waals surface area contributed by atoms with Crippen LogP contribution in [0.4, 0.5) is 0 Å². The second-order valence-electron chi connectivity index (χ2n) is 26.7. The molecule has 88 heavy (non-hydrogen) atoms. The number of nitrogens with one attached hydrogen (secondary N) is 4. The van der Waals surface area contributed by atoms with Gasteiger partial charge in [0.15, 0.2) is 0 Å². The van der Waals surface area contributed by atoms with E-state index in [1.807, 2.05) is 41.5 Å². The lowest BCUT2D eigenvalue weighted by molar-refractivity contribution is -0.157. The lowest BCUT2D eigenvalue weighted by atomic mass is 9.91. The van der Waals surface area contributed by atoms with Gasteiger partial charge in [-0.1, -0.05) is 102 Å². The quantitative estimate of drug-likeness (QED) is 0.109. The van der Waals surface area contributed by atoms with E-state index in [1.54, 1.807) is 74.5 Å².